The zero-order valence-corrected chi connectivity index (χ0v) is 7.34. The molecule has 1 aliphatic heterocycles. The molecule has 66 valence electrons. The largest absolute Gasteiger partial charge is 0.323 e. The van der Waals surface area contributed by atoms with E-state index < -0.39 is 0 Å². The molecule has 1 aliphatic rings. The second kappa shape index (κ2) is 4.97. The Kier molecular flexibility index (Phi) is 3.86. The number of hydrogen-bond acceptors (Lipinski definition) is 2. The van der Waals surface area contributed by atoms with Crippen molar-refractivity contribution in [3.05, 3.63) is 11.6 Å². The lowest BCUT2D eigenvalue weighted by molar-refractivity contribution is 0.614. The van der Waals surface area contributed by atoms with Crippen molar-refractivity contribution in [3.8, 4) is 12.3 Å². The number of nitrogens with two attached hydrogens (primary N) is 1. The van der Waals surface area contributed by atoms with E-state index in [-0.39, 0.29) is 6.04 Å². The van der Waals surface area contributed by atoms with E-state index in [1.165, 1.54) is 5.57 Å². The van der Waals surface area contributed by atoms with Gasteiger partial charge in [-0.1, -0.05) is 11.6 Å². The smallest absolute Gasteiger partial charge is 0.0354 e. The van der Waals surface area contributed by atoms with Crippen LogP contribution in [0.3, 0.4) is 0 Å². The quantitative estimate of drug-likeness (QED) is 0.365. The highest BCUT2D eigenvalue weighted by Crippen LogP contribution is 2.09. The first-order valence-corrected chi connectivity index (χ1v) is 4.42. The van der Waals surface area contributed by atoms with Gasteiger partial charge in [0.1, 0.15) is 0 Å². The van der Waals surface area contributed by atoms with Gasteiger partial charge in [0.15, 0.2) is 0 Å². The number of hydrogen-bond donors (Lipinski definition) is 2. The SMILES string of the molecule is C#CCCCC1=CC(N)CNC1. The van der Waals surface area contributed by atoms with E-state index in [4.69, 9.17) is 12.2 Å². The van der Waals surface area contributed by atoms with E-state index in [0.717, 1.165) is 32.4 Å². The summed E-state index contributed by atoms with van der Waals surface area (Å²) in [6, 6.07) is 0.194. The van der Waals surface area contributed by atoms with Gasteiger partial charge in [0.25, 0.3) is 0 Å². The predicted molar refractivity (Wildman–Crippen MR) is 51.6 cm³/mol. The lowest BCUT2D eigenvalue weighted by Crippen LogP contribution is -2.37. The van der Waals surface area contributed by atoms with Gasteiger partial charge in [0.05, 0.1) is 0 Å². The molecule has 1 heterocycles. The minimum atomic E-state index is 0.194. The molecule has 3 N–H and O–H groups in total. The van der Waals surface area contributed by atoms with Crippen molar-refractivity contribution in [2.24, 2.45) is 5.73 Å². The summed E-state index contributed by atoms with van der Waals surface area (Å²) >= 11 is 0. The van der Waals surface area contributed by atoms with Crippen LogP contribution < -0.4 is 11.1 Å². The van der Waals surface area contributed by atoms with E-state index in [1.807, 2.05) is 0 Å². The molecule has 0 bridgehead atoms. The maximum Gasteiger partial charge on any atom is 0.0354 e. The van der Waals surface area contributed by atoms with Gasteiger partial charge in [-0.15, -0.1) is 12.3 Å². The first kappa shape index (κ1) is 9.31. The standard InChI is InChI=1S/C10H16N2/c1-2-3-4-5-9-6-10(11)8-12-7-9/h1,6,10,12H,3-5,7-8,11H2. The Morgan fingerprint density at radius 1 is 1.75 bits per heavy atom. The fourth-order valence-corrected chi connectivity index (χ4v) is 1.41. The van der Waals surface area contributed by atoms with Crippen LogP contribution >= 0.6 is 0 Å². The summed E-state index contributed by atoms with van der Waals surface area (Å²) in [4.78, 5) is 0. The molecule has 0 aliphatic carbocycles. The van der Waals surface area contributed by atoms with Crippen LogP contribution in [0.4, 0.5) is 0 Å². The van der Waals surface area contributed by atoms with Crippen LogP contribution in [0.5, 0.6) is 0 Å². The first-order valence-electron chi connectivity index (χ1n) is 4.42. The average molecular weight is 164 g/mol. The summed E-state index contributed by atoms with van der Waals surface area (Å²) in [5, 5.41) is 3.27. The molecule has 1 atom stereocenters. The lowest BCUT2D eigenvalue weighted by Gasteiger charge is -2.18. The summed E-state index contributed by atoms with van der Waals surface area (Å²) in [7, 11) is 0. The number of nitrogens with one attached hydrogen (secondary N) is 1. The summed E-state index contributed by atoms with van der Waals surface area (Å²) in [6.07, 6.45) is 10.4. The fraction of sp³-hybridized carbons (Fsp3) is 0.600. The molecule has 0 fully saturated rings. The van der Waals surface area contributed by atoms with Gasteiger partial charge < -0.3 is 11.1 Å². The van der Waals surface area contributed by atoms with E-state index in [1.54, 1.807) is 0 Å². The summed E-state index contributed by atoms with van der Waals surface area (Å²) in [5.74, 6) is 2.64. The van der Waals surface area contributed by atoms with Gasteiger partial charge in [-0.3, -0.25) is 0 Å². The second-order valence-corrected chi connectivity index (χ2v) is 3.18. The van der Waals surface area contributed by atoms with Crippen LogP contribution in [0.1, 0.15) is 19.3 Å². The normalized spacial score (nSPS) is 23.0. The fourth-order valence-electron chi connectivity index (χ4n) is 1.41. The third-order valence-electron chi connectivity index (χ3n) is 2.00. The Balaban J connectivity index is 2.27. The van der Waals surface area contributed by atoms with Crippen LogP contribution in [0.25, 0.3) is 0 Å². The highest BCUT2D eigenvalue weighted by Gasteiger charge is 2.07. The Hall–Kier alpha value is -0.780. The number of unbranched alkanes of at least 4 members (excludes halogenated alkanes) is 1. The summed E-state index contributed by atoms with van der Waals surface area (Å²) in [6.45, 7) is 1.89. The van der Waals surface area contributed by atoms with Crippen LogP contribution in [-0.4, -0.2) is 19.1 Å². The van der Waals surface area contributed by atoms with Crippen LogP contribution in [0.15, 0.2) is 11.6 Å². The zero-order valence-electron chi connectivity index (χ0n) is 7.34. The van der Waals surface area contributed by atoms with Gasteiger partial charge in [-0.2, -0.15) is 0 Å². The Labute approximate surface area is 74.2 Å². The second-order valence-electron chi connectivity index (χ2n) is 3.18. The van der Waals surface area contributed by atoms with Crippen LogP contribution in [0, 0.1) is 12.3 Å². The summed E-state index contributed by atoms with van der Waals surface area (Å²) < 4.78 is 0. The highest BCUT2D eigenvalue weighted by atomic mass is 14.9. The molecule has 0 aromatic carbocycles. The third-order valence-corrected chi connectivity index (χ3v) is 2.00. The van der Waals surface area contributed by atoms with Gasteiger partial charge in [0.2, 0.25) is 0 Å². The molecule has 12 heavy (non-hydrogen) atoms. The monoisotopic (exact) mass is 164 g/mol. The highest BCUT2D eigenvalue weighted by molar-refractivity contribution is 5.12. The minimum Gasteiger partial charge on any atom is -0.323 e. The van der Waals surface area contributed by atoms with Crippen molar-refractivity contribution < 1.29 is 0 Å². The Bertz CT molecular complexity index is 200. The molecule has 0 radical (unpaired) electrons. The minimum absolute atomic E-state index is 0.194. The molecule has 2 heteroatoms. The van der Waals surface area contributed by atoms with Gasteiger partial charge in [0, 0.05) is 25.6 Å². The first-order chi connectivity index (χ1) is 5.83. The van der Waals surface area contributed by atoms with Crippen LogP contribution in [-0.2, 0) is 0 Å². The van der Waals surface area contributed by atoms with E-state index >= 15 is 0 Å². The number of rotatable bonds is 3. The van der Waals surface area contributed by atoms with Gasteiger partial charge in [-0.25, -0.2) is 0 Å². The summed E-state index contributed by atoms with van der Waals surface area (Å²) in [5.41, 5.74) is 7.16. The van der Waals surface area contributed by atoms with E-state index in [2.05, 4.69) is 17.3 Å². The molecule has 0 saturated heterocycles. The lowest BCUT2D eigenvalue weighted by atomic mass is 10.0. The molecule has 0 amide bonds. The number of terminal acetylenes is 1. The molecule has 0 aromatic heterocycles. The molecule has 2 nitrogen and oxygen atoms in total. The van der Waals surface area contributed by atoms with Crippen molar-refractivity contribution in [2.45, 2.75) is 25.3 Å². The van der Waals surface area contributed by atoms with E-state index in [0.29, 0.717) is 0 Å². The molecule has 1 rings (SSSR count). The average Bonchev–Trinajstić information content (AvgIpc) is 2.05. The van der Waals surface area contributed by atoms with Crippen molar-refractivity contribution in [1.82, 2.24) is 5.32 Å². The van der Waals surface area contributed by atoms with Crippen molar-refractivity contribution in [3.63, 3.8) is 0 Å². The zero-order chi connectivity index (χ0) is 8.81. The molecule has 1 unspecified atom stereocenters. The van der Waals surface area contributed by atoms with Gasteiger partial charge >= 0.3 is 0 Å². The van der Waals surface area contributed by atoms with Crippen molar-refractivity contribution in [2.75, 3.05) is 13.1 Å². The van der Waals surface area contributed by atoms with Crippen LogP contribution in [0.2, 0.25) is 0 Å². The predicted octanol–water partition coefficient (Wildman–Crippen LogP) is 0.647. The maximum absolute atomic E-state index is 5.75. The van der Waals surface area contributed by atoms with Gasteiger partial charge in [-0.05, 0) is 12.8 Å². The van der Waals surface area contributed by atoms with Crippen molar-refractivity contribution in [1.29, 1.82) is 0 Å². The Morgan fingerprint density at radius 2 is 2.58 bits per heavy atom. The molecule has 0 spiro atoms. The topological polar surface area (TPSA) is 38.0 Å². The molecule has 0 aromatic rings. The molecular weight excluding hydrogens is 148 g/mol. The maximum atomic E-state index is 5.75. The Morgan fingerprint density at radius 3 is 3.25 bits per heavy atom. The molecular formula is C10H16N2. The third kappa shape index (κ3) is 3.08. The van der Waals surface area contributed by atoms with E-state index in [9.17, 15) is 0 Å². The van der Waals surface area contributed by atoms with Crippen molar-refractivity contribution >= 4 is 0 Å². The molecule has 0 saturated carbocycles.